The molecule has 0 aliphatic heterocycles. The Bertz CT molecular complexity index is 569. The maximum absolute atomic E-state index is 3.64. The SMILES string of the molecule is CCCC(C)CNCC(C)CCC(CC)CCC.c1ccc(-c2ccccc2)cc1. The van der Waals surface area contributed by atoms with Crippen LogP contribution in [0.3, 0.4) is 0 Å². The Balaban J connectivity index is 0.000000321. The average Bonchev–Trinajstić information content (AvgIpc) is 2.78. The van der Waals surface area contributed by atoms with Crippen molar-refractivity contribution in [2.45, 2.75) is 79.6 Å². The highest BCUT2D eigenvalue weighted by Gasteiger charge is 2.09. The van der Waals surface area contributed by atoms with Crippen LogP contribution in [0.25, 0.3) is 11.1 Å². The number of hydrogen-bond donors (Lipinski definition) is 1. The minimum atomic E-state index is 0.838. The molecule has 0 aliphatic rings. The third-order valence-corrected chi connectivity index (χ3v) is 5.99. The normalized spacial score (nSPS) is 13.8. The molecule has 1 N–H and O–H groups in total. The summed E-state index contributed by atoms with van der Waals surface area (Å²) in [6.07, 6.45) is 9.63. The fourth-order valence-corrected chi connectivity index (χ4v) is 4.02. The molecular formula is C29H47N. The quantitative estimate of drug-likeness (QED) is 0.349. The Hall–Kier alpha value is -1.60. The van der Waals surface area contributed by atoms with Gasteiger partial charge in [0.25, 0.3) is 0 Å². The molecule has 3 atom stereocenters. The van der Waals surface area contributed by atoms with E-state index in [2.05, 4.69) is 88.5 Å². The average molecular weight is 410 g/mol. The first-order chi connectivity index (χ1) is 14.6. The van der Waals surface area contributed by atoms with Crippen LogP contribution in [-0.2, 0) is 0 Å². The molecule has 0 amide bonds. The number of benzene rings is 2. The lowest BCUT2D eigenvalue weighted by atomic mass is 9.91. The lowest BCUT2D eigenvalue weighted by molar-refractivity contribution is 0.360. The van der Waals surface area contributed by atoms with Crippen LogP contribution in [0, 0.1) is 17.8 Å². The highest BCUT2D eigenvalue weighted by molar-refractivity contribution is 5.62. The van der Waals surface area contributed by atoms with E-state index in [1.807, 2.05) is 12.1 Å². The molecule has 3 unspecified atom stereocenters. The van der Waals surface area contributed by atoms with Crippen LogP contribution >= 0.6 is 0 Å². The molecule has 2 rings (SSSR count). The number of hydrogen-bond acceptors (Lipinski definition) is 1. The monoisotopic (exact) mass is 409 g/mol. The summed E-state index contributed by atoms with van der Waals surface area (Å²) in [4.78, 5) is 0. The van der Waals surface area contributed by atoms with Crippen molar-refractivity contribution in [3.63, 3.8) is 0 Å². The molecule has 0 saturated heterocycles. The van der Waals surface area contributed by atoms with Crippen molar-refractivity contribution >= 4 is 0 Å². The van der Waals surface area contributed by atoms with Crippen molar-refractivity contribution in [3.05, 3.63) is 60.7 Å². The molecule has 30 heavy (non-hydrogen) atoms. The van der Waals surface area contributed by atoms with E-state index < -0.39 is 0 Å². The molecule has 0 bridgehead atoms. The molecule has 0 aliphatic carbocycles. The molecule has 168 valence electrons. The van der Waals surface area contributed by atoms with Crippen LogP contribution in [-0.4, -0.2) is 13.1 Å². The van der Waals surface area contributed by atoms with Crippen molar-refractivity contribution in [1.29, 1.82) is 0 Å². The van der Waals surface area contributed by atoms with Gasteiger partial charge in [0.05, 0.1) is 0 Å². The van der Waals surface area contributed by atoms with Crippen molar-refractivity contribution in [2.75, 3.05) is 13.1 Å². The fourth-order valence-electron chi connectivity index (χ4n) is 4.02. The second kappa shape index (κ2) is 17.1. The van der Waals surface area contributed by atoms with E-state index in [0.29, 0.717) is 0 Å². The highest BCUT2D eigenvalue weighted by atomic mass is 14.9. The lowest BCUT2D eigenvalue weighted by Gasteiger charge is -2.19. The van der Waals surface area contributed by atoms with Gasteiger partial charge < -0.3 is 5.32 Å². The summed E-state index contributed by atoms with van der Waals surface area (Å²) >= 11 is 0. The second-order valence-corrected chi connectivity index (χ2v) is 9.03. The fraction of sp³-hybridized carbons (Fsp3) is 0.586. The summed E-state index contributed by atoms with van der Waals surface area (Å²) in [7, 11) is 0. The Morgan fingerprint density at radius 2 is 1.07 bits per heavy atom. The van der Waals surface area contributed by atoms with Gasteiger partial charge in [0, 0.05) is 0 Å². The highest BCUT2D eigenvalue weighted by Crippen LogP contribution is 2.20. The maximum atomic E-state index is 3.64. The zero-order chi connectivity index (χ0) is 22.0. The molecule has 0 aromatic heterocycles. The van der Waals surface area contributed by atoms with Gasteiger partial charge in [-0.1, -0.05) is 127 Å². The summed E-state index contributed by atoms with van der Waals surface area (Å²) < 4.78 is 0. The Labute approximate surface area is 187 Å². The molecule has 0 heterocycles. The van der Waals surface area contributed by atoms with Gasteiger partial charge in [0.2, 0.25) is 0 Å². The van der Waals surface area contributed by atoms with E-state index in [-0.39, 0.29) is 0 Å². The molecule has 1 heteroatoms. The predicted molar refractivity (Wildman–Crippen MR) is 136 cm³/mol. The largest absolute Gasteiger partial charge is 0.316 e. The first kappa shape index (κ1) is 26.4. The lowest BCUT2D eigenvalue weighted by Crippen LogP contribution is -2.26. The van der Waals surface area contributed by atoms with E-state index in [1.54, 1.807) is 0 Å². The third-order valence-electron chi connectivity index (χ3n) is 5.99. The zero-order valence-electron chi connectivity index (χ0n) is 20.4. The zero-order valence-corrected chi connectivity index (χ0v) is 20.4. The third kappa shape index (κ3) is 12.2. The van der Waals surface area contributed by atoms with Crippen LogP contribution in [0.2, 0.25) is 0 Å². The number of rotatable bonds is 13. The van der Waals surface area contributed by atoms with Gasteiger partial charge in [0.1, 0.15) is 0 Å². The van der Waals surface area contributed by atoms with E-state index in [4.69, 9.17) is 0 Å². The summed E-state index contributed by atoms with van der Waals surface area (Å²) in [5.74, 6) is 2.65. The molecule has 2 aromatic rings. The van der Waals surface area contributed by atoms with Gasteiger partial charge in [0.15, 0.2) is 0 Å². The minimum Gasteiger partial charge on any atom is -0.316 e. The van der Waals surface area contributed by atoms with Crippen LogP contribution in [0.4, 0.5) is 0 Å². The first-order valence-corrected chi connectivity index (χ1v) is 12.4. The molecule has 1 nitrogen and oxygen atoms in total. The van der Waals surface area contributed by atoms with Crippen LogP contribution < -0.4 is 5.32 Å². The molecule has 0 fully saturated rings. The van der Waals surface area contributed by atoms with Crippen molar-refractivity contribution in [3.8, 4) is 11.1 Å². The van der Waals surface area contributed by atoms with E-state index in [0.717, 1.165) is 17.8 Å². The minimum absolute atomic E-state index is 0.838. The first-order valence-electron chi connectivity index (χ1n) is 12.4. The van der Waals surface area contributed by atoms with Gasteiger partial charge in [-0.3, -0.25) is 0 Å². The van der Waals surface area contributed by atoms with Gasteiger partial charge >= 0.3 is 0 Å². The Morgan fingerprint density at radius 1 is 0.600 bits per heavy atom. The summed E-state index contributed by atoms with van der Waals surface area (Å²) in [5, 5.41) is 3.64. The van der Waals surface area contributed by atoms with Gasteiger partial charge in [-0.05, 0) is 54.8 Å². The van der Waals surface area contributed by atoms with Crippen LogP contribution in [0.5, 0.6) is 0 Å². The van der Waals surface area contributed by atoms with Crippen LogP contribution in [0.15, 0.2) is 60.7 Å². The topological polar surface area (TPSA) is 12.0 Å². The van der Waals surface area contributed by atoms with E-state index in [1.165, 1.54) is 69.2 Å². The molecule has 2 aromatic carbocycles. The summed E-state index contributed by atoms with van der Waals surface area (Å²) in [6.45, 7) is 14.1. The molecular weight excluding hydrogens is 362 g/mol. The van der Waals surface area contributed by atoms with E-state index in [9.17, 15) is 0 Å². The van der Waals surface area contributed by atoms with E-state index >= 15 is 0 Å². The van der Waals surface area contributed by atoms with Gasteiger partial charge in [-0.15, -0.1) is 0 Å². The van der Waals surface area contributed by atoms with Crippen molar-refractivity contribution in [2.24, 2.45) is 17.8 Å². The Morgan fingerprint density at radius 3 is 1.50 bits per heavy atom. The standard InChI is InChI=1S/C17H37N.C12H10/c1-6-9-15(4)13-18-14-16(5)11-12-17(8-3)10-7-2;1-3-7-11(8-4-1)12-9-5-2-6-10-12/h15-18H,6-14H2,1-5H3;1-10H. The van der Waals surface area contributed by atoms with Crippen LogP contribution in [0.1, 0.15) is 79.6 Å². The second-order valence-electron chi connectivity index (χ2n) is 9.03. The summed E-state index contributed by atoms with van der Waals surface area (Å²) in [5.41, 5.74) is 2.55. The molecule has 0 spiro atoms. The molecule has 0 radical (unpaired) electrons. The maximum Gasteiger partial charge on any atom is -0.00230 e. The van der Waals surface area contributed by atoms with Gasteiger partial charge in [-0.2, -0.15) is 0 Å². The van der Waals surface area contributed by atoms with Gasteiger partial charge in [-0.25, -0.2) is 0 Å². The smallest absolute Gasteiger partial charge is 0.00230 e. The summed E-state index contributed by atoms with van der Waals surface area (Å²) in [6, 6.07) is 20.8. The van der Waals surface area contributed by atoms with Crippen molar-refractivity contribution < 1.29 is 0 Å². The van der Waals surface area contributed by atoms with Crippen molar-refractivity contribution in [1.82, 2.24) is 5.32 Å². The number of nitrogens with one attached hydrogen (secondary N) is 1. The predicted octanol–water partition coefficient (Wildman–Crippen LogP) is 8.61. The Kier molecular flexibility index (Phi) is 15.1. The molecule has 0 saturated carbocycles.